The number of aromatic nitrogens is 3. The van der Waals surface area contributed by atoms with Crippen molar-refractivity contribution >= 4 is 50.9 Å². The molecule has 8 heteroatoms. The number of thiazole rings is 1. The first-order valence-electron chi connectivity index (χ1n) is 7.55. The minimum atomic E-state index is 0.126. The van der Waals surface area contributed by atoms with Gasteiger partial charge in [-0.3, -0.25) is 0 Å². The zero-order valence-electron chi connectivity index (χ0n) is 13.0. The summed E-state index contributed by atoms with van der Waals surface area (Å²) >= 11 is 9.30. The standard InChI is InChI=1S/C16H15ClN4OS2/c1-23-16-20-14-13(24-16)15(19-9-18-14)21-6-5-12(8-21)22-11-4-2-3-10(17)7-11/h2-4,7,9,12H,5-6,8H2,1H3. The van der Waals surface area contributed by atoms with Crippen molar-refractivity contribution in [2.45, 2.75) is 16.9 Å². The number of benzene rings is 1. The van der Waals surface area contributed by atoms with Gasteiger partial charge in [0.2, 0.25) is 0 Å². The fourth-order valence-corrected chi connectivity index (χ4v) is 4.50. The molecule has 4 rings (SSSR count). The van der Waals surface area contributed by atoms with Gasteiger partial charge in [0.15, 0.2) is 15.8 Å². The zero-order valence-corrected chi connectivity index (χ0v) is 15.4. The largest absolute Gasteiger partial charge is 0.488 e. The number of ether oxygens (including phenoxy) is 1. The summed E-state index contributed by atoms with van der Waals surface area (Å²) in [6.45, 7) is 1.70. The van der Waals surface area contributed by atoms with Crippen LogP contribution < -0.4 is 9.64 Å². The lowest BCUT2D eigenvalue weighted by molar-refractivity contribution is 0.225. The molecule has 0 radical (unpaired) electrons. The lowest BCUT2D eigenvalue weighted by Crippen LogP contribution is -2.25. The minimum Gasteiger partial charge on any atom is -0.488 e. The van der Waals surface area contributed by atoms with Crippen molar-refractivity contribution in [3.8, 4) is 5.75 Å². The summed E-state index contributed by atoms with van der Waals surface area (Å²) < 4.78 is 8.12. The summed E-state index contributed by atoms with van der Waals surface area (Å²) in [5.41, 5.74) is 0.772. The van der Waals surface area contributed by atoms with Crippen LogP contribution in [0.4, 0.5) is 5.82 Å². The fourth-order valence-electron chi connectivity index (χ4n) is 2.79. The molecule has 2 aromatic heterocycles. The lowest BCUT2D eigenvalue weighted by atomic mass is 10.3. The van der Waals surface area contributed by atoms with Crippen molar-refractivity contribution in [3.63, 3.8) is 0 Å². The first-order valence-corrected chi connectivity index (χ1v) is 9.97. The van der Waals surface area contributed by atoms with E-state index < -0.39 is 0 Å². The van der Waals surface area contributed by atoms with Crippen LogP contribution in [0.5, 0.6) is 5.75 Å². The Kier molecular flexibility index (Phi) is 4.47. The van der Waals surface area contributed by atoms with Crippen LogP contribution in [0.25, 0.3) is 10.3 Å². The molecule has 1 aromatic carbocycles. The average Bonchev–Trinajstić information content (AvgIpc) is 3.20. The van der Waals surface area contributed by atoms with Gasteiger partial charge in [-0.2, -0.15) is 0 Å². The Hall–Kier alpha value is -1.57. The van der Waals surface area contributed by atoms with E-state index in [4.69, 9.17) is 16.3 Å². The van der Waals surface area contributed by atoms with E-state index in [0.717, 1.165) is 45.8 Å². The molecule has 1 atom stereocenters. The number of fused-ring (bicyclic) bond motifs is 1. The first-order chi connectivity index (χ1) is 11.7. The monoisotopic (exact) mass is 378 g/mol. The maximum Gasteiger partial charge on any atom is 0.176 e. The molecule has 0 amide bonds. The molecule has 1 aliphatic heterocycles. The molecule has 1 aliphatic rings. The third-order valence-corrected chi connectivity index (χ3v) is 6.13. The summed E-state index contributed by atoms with van der Waals surface area (Å²) in [4.78, 5) is 15.5. The van der Waals surface area contributed by atoms with Crippen molar-refractivity contribution in [2.24, 2.45) is 0 Å². The third-order valence-electron chi connectivity index (χ3n) is 3.87. The maximum absolute atomic E-state index is 6.06. The third kappa shape index (κ3) is 3.16. The van der Waals surface area contributed by atoms with Crippen molar-refractivity contribution in [2.75, 3.05) is 24.2 Å². The van der Waals surface area contributed by atoms with Gasteiger partial charge in [-0.15, -0.1) is 11.3 Å². The second-order valence-corrected chi connectivity index (χ2v) is 7.95. The summed E-state index contributed by atoms with van der Waals surface area (Å²) in [6, 6.07) is 7.53. The maximum atomic E-state index is 6.06. The number of thioether (sulfide) groups is 1. The highest BCUT2D eigenvalue weighted by molar-refractivity contribution is 8.00. The highest BCUT2D eigenvalue weighted by Crippen LogP contribution is 2.34. The number of hydrogen-bond donors (Lipinski definition) is 0. The van der Waals surface area contributed by atoms with Gasteiger partial charge in [0, 0.05) is 18.0 Å². The topological polar surface area (TPSA) is 51.1 Å². The van der Waals surface area contributed by atoms with Gasteiger partial charge in [0.25, 0.3) is 0 Å². The Balaban J connectivity index is 1.53. The predicted octanol–water partition coefficient (Wildman–Crippen LogP) is 4.12. The van der Waals surface area contributed by atoms with Crippen LogP contribution >= 0.6 is 34.7 Å². The van der Waals surface area contributed by atoms with E-state index in [0.29, 0.717) is 5.02 Å². The van der Waals surface area contributed by atoms with Gasteiger partial charge in [-0.05, 0) is 24.5 Å². The van der Waals surface area contributed by atoms with Gasteiger partial charge in [0.05, 0.1) is 6.54 Å². The molecule has 1 fully saturated rings. The molecule has 0 saturated carbocycles. The Labute approximate surface area is 153 Å². The number of nitrogens with zero attached hydrogens (tertiary/aromatic N) is 4. The number of anilines is 1. The molecule has 0 N–H and O–H groups in total. The van der Waals surface area contributed by atoms with Crippen LogP contribution in [0.3, 0.4) is 0 Å². The molecule has 24 heavy (non-hydrogen) atoms. The molecular weight excluding hydrogens is 364 g/mol. The SMILES string of the molecule is CSc1nc2ncnc(N3CCC(Oc4cccc(Cl)c4)C3)c2s1. The van der Waals surface area contributed by atoms with Crippen molar-refractivity contribution in [1.29, 1.82) is 0 Å². The molecular formula is C16H15ClN4OS2. The van der Waals surface area contributed by atoms with Crippen LogP contribution in [-0.2, 0) is 0 Å². The highest BCUT2D eigenvalue weighted by atomic mass is 35.5. The van der Waals surface area contributed by atoms with Crippen molar-refractivity contribution < 1.29 is 4.74 Å². The number of rotatable bonds is 4. The minimum absolute atomic E-state index is 0.126. The molecule has 3 heterocycles. The molecule has 0 bridgehead atoms. The van der Waals surface area contributed by atoms with Gasteiger partial charge < -0.3 is 9.64 Å². The van der Waals surface area contributed by atoms with Gasteiger partial charge in [-0.1, -0.05) is 29.4 Å². The van der Waals surface area contributed by atoms with Crippen LogP contribution in [0.15, 0.2) is 34.9 Å². The fraction of sp³-hybridized carbons (Fsp3) is 0.312. The van der Waals surface area contributed by atoms with E-state index >= 15 is 0 Å². The van der Waals surface area contributed by atoms with E-state index in [1.807, 2.05) is 30.5 Å². The Bertz CT molecular complexity index is 872. The van der Waals surface area contributed by atoms with Gasteiger partial charge >= 0.3 is 0 Å². The molecule has 0 spiro atoms. The average molecular weight is 379 g/mol. The number of halogens is 1. The van der Waals surface area contributed by atoms with Crippen molar-refractivity contribution in [3.05, 3.63) is 35.6 Å². The van der Waals surface area contributed by atoms with E-state index in [-0.39, 0.29) is 6.10 Å². The molecule has 0 aliphatic carbocycles. The van der Waals surface area contributed by atoms with E-state index in [2.05, 4.69) is 19.9 Å². The summed E-state index contributed by atoms with van der Waals surface area (Å²) in [5, 5.41) is 0.689. The molecule has 1 saturated heterocycles. The van der Waals surface area contributed by atoms with Gasteiger partial charge in [-0.25, -0.2) is 15.0 Å². The molecule has 5 nitrogen and oxygen atoms in total. The predicted molar refractivity (Wildman–Crippen MR) is 99.7 cm³/mol. The van der Waals surface area contributed by atoms with Crippen molar-refractivity contribution in [1.82, 2.24) is 15.0 Å². The summed E-state index contributed by atoms with van der Waals surface area (Å²) in [6.07, 6.45) is 4.69. The van der Waals surface area contributed by atoms with Crippen LogP contribution in [-0.4, -0.2) is 40.4 Å². The molecule has 124 valence electrons. The van der Waals surface area contributed by atoms with Gasteiger partial charge in [0.1, 0.15) is 22.9 Å². The highest BCUT2D eigenvalue weighted by Gasteiger charge is 2.27. The Morgan fingerprint density at radius 3 is 3.12 bits per heavy atom. The van der Waals surface area contributed by atoms with E-state index in [9.17, 15) is 0 Å². The second kappa shape index (κ2) is 6.74. The Morgan fingerprint density at radius 1 is 1.38 bits per heavy atom. The number of hydrogen-bond acceptors (Lipinski definition) is 7. The molecule has 3 aromatic rings. The smallest absolute Gasteiger partial charge is 0.176 e. The Morgan fingerprint density at radius 2 is 2.29 bits per heavy atom. The first kappa shape index (κ1) is 15.9. The normalized spacial score (nSPS) is 17.6. The van der Waals surface area contributed by atoms with E-state index in [1.165, 1.54) is 0 Å². The van der Waals surface area contributed by atoms with Crippen LogP contribution in [0.1, 0.15) is 6.42 Å². The summed E-state index contributed by atoms with van der Waals surface area (Å²) in [5.74, 6) is 1.76. The second-order valence-electron chi connectivity index (χ2n) is 5.47. The lowest BCUT2D eigenvalue weighted by Gasteiger charge is -2.18. The van der Waals surface area contributed by atoms with Crippen LogP contribution in [0, 0.1) is 0 Å². The van der Waals surface area contributed by atoms with Crippen LogP contribution in [0.2, 0.25) is 5.02 Å². The zero-order chi connectivity index (χ0) is 16.5. The summed E-state index contributed by atoms with van der Waals surface area (Å²) in [7, 11) is 0. The quantitative estimate of drug-likeness (QED) is 0.636. The molecule has 1 unspecified atom stereocenters. The van der Waals surface area contributed by atoms with E-state index in [1.54, 1.807) is 29.4 Å².